The lowest BCUT2D eigenvalue weighted by Gasteiger charge is -2.42. The van der Waals surface area contributed by atoms with Gasteiger partial charge in [0, 0.05) is 24.5 Å². The Hall–Kier alpha value is -3.60. The number of rotatable bonds is 14. The third kappa shape index (κ3) is 8.02. The second-order valence-electron chi connectivity index (χ2n) is 13.6. The number of carbonyl (C=O) groups excluding carboxylic acids is 1. The average molecular weight is 652 g/mol. The molecule has 0 saturated heterocycles. The summed E-state index contributed by atoms with van der Waals surface area (Å²) in [4.78, 5) is 24.1. The average Bonchev–Trinajstić information content (AvgIpc) is 3.60. The van der Waals surface area contributed by atoms with Gasteiger partial charge in [-0.3, -0.25) is 4.79 Å². The molecule has 2 atom stereocenters. The van der Waals surface area contributed by atoms with Crippen LogP contribution in [0.15, 0.2) is 48.8 Å². The highest BCUT2D eigenvalue weighted by atomic mass is 28.4. The largest absolute Gasteiger partial charge is 0.496 e. The predicted molar refractivity (Wildman–Crippen MR) is 180 cm³/mol. The van der Waals surface area contributed by atoms with Crippen LogP contribution >= 0.6 is 0 Å². The molecule has 0 radical (unpaired) electrons. The first-order valence-electron chi connectivity index (χ1n) is 15.8. The van der Waals surface area contributed by atoms with Gasteiger partial charge in [0.2, 0.25) is 0 Å². The Labute approximate surface area is 273 Å². The van der Waals surface area contributed by atoms with Crippen molar-refractivity contribution >= 4 is 20.3 Å². The Morgan fingerprint density at radius 3 is 2.09 bits per heavy atom. The van der Waals surface area contributed by atoms with Crippen LogP contribution in [0, 0.1) is 6.92 Å². The van der Waals surface area contributed by atoms with Crippen LogP contribution in [0.25, 0.3) is 0 Å². The van der Waals surface area contributed by atoms with Gasteiger partial charge in [-0.05, 0) is 78.7 Å². The van der Waals surface area contributed by atoms with Gasteiger partial charge in [-0.15, -0.1) is 0 Å². The molecule has 0 fully saturated rings. The Balaban J connectivity index is 1.77. The molecule has 1 aliphatic rings. The van der Waals surface area contributed by atoms with Crippen molar-refractivity contribution in [2.75, 3.05) is 21.3 Å². The van der Waals surface area contributed by atoms with Crippen LogP contribution in [-0.2, 0) is 44.5 Å². The third-order valence-electron chi connectivity index (χ3n) is 9.43. The first-order chi connectivity index (χ1) is 21.7. The van der Waals surface area contributed by atoms with E-state index < -0.39 is 32.5 Å². The van der Waals surface area contributed by atoms with Gasteiger partial charge in [-0.1, -0.05) is 45.0 Å². The van der Waals surface area contributed by atoms with E-state index in [0.717, 1.165) is 24.0 Å². The standard InChI is InChI=1S/C36H49NO8Si/c1-23-31(41-5)18-26(19-32(23)42-6)34(45-46(8,9)36(2,3)4)30(44-28-16-24-12-10-11-13-25(24)17-28)14-15-37-21-27(20-33(38)39)29(22-37)35(40)43-7/h10-13,18-19,21-22,28,30,34H,14-17,20H2,1-9H3,(H,38,39)/t30-,34+/m0/s1. The number of carboxylic acid groups (broad SMARTS) is 1. The van der Waals surface area contributed by atoms with E-state index in [9.17, 15) is 14.7 Å². The van der Waals surface area contributed by atoms with Crippen LogP contribution in [0.1, 0.15) is 71.5 Å². The van der Waals surface area contributed by atoms with Gasteiger partial charge in [-0.25, -0.2) is 4.79 Å². The van der Waals surface area contributed by atoms with Crippen molar-refractivity contribution in [2.24, 2.45) is 0 Å². The van der Waals surface area contributed by atoms with Crippen molar-refractivity contribution < 1.29 is 38.1 Å². The lowest BCUT2D eigenvalue weighted by atomic mass is 9.99. The number of nitrogens with zero attached hydrogens (tertiary/aromatic N) is 1. The smallest absolute Gasteiger partial charge is 0.339 e. The number of ether oxygens (including phenoxy) is 4. The lowest BCUT2D eigenvalue weighted by Crippen LogP contribution is -2.45. The van der Waals surface area contributed by atoms with E-state index >= 15 is 0 Å². The molecule has 250 valence electrons. The molecule has 1 heterocycles. The van der Waals surface area contributed by atoms with Crippen molar-refractivity contribution in [3.63, 3.8) is 0 Å². The van der Waals surface area contributed by atoms with Gasteiger partial charge in [0.05, 0.1) is 51.6 Å². The highest BCUT2D eigenvalue weighted by Crippen LogP contribution is 2.44. The number of carbonyl (C=O) groups is 2. The predicted octanol–water partition coefficient (Wildman–Crippen LogP) is 6.93. The maximum Gasteiger partial charge on any atom is 0.339 e. The molecule has 0 bridgehead atoms. The molecule has 10 heteroatoms. The molecule has 46 heavy (non-hydrogen) atoms. The van der Waals surface area contributed by atoms with Crippen LogP contribution in [0.2, 0.25) is 18.1 Å². The van der Waals surface area contributed by atoms with Crippen LogP contribution < -0.4 is 9.47 Å². The fourth-order valence-corrected chi connectivity index (χ4v) is 7.11. The van der Waals surface area contributed by atoms with E-state index in [4.69, 9.17) is 23.4 Å². The number of aromatic nitrogens is 1. The zero-order chi connectivity index (χ0) is 33.8. The molecule has 2 aromatic carbocycles. The third-order valence-corrected chi connectivity index (χ3v) is 13.9. The summed E-state index contributed by atoms with van der Waals surface area (Å²) in [5.41, 5.74) is 5.04. The molecule has 1 aromatic heterocycles. The molecule has 0 spiro atoms. The first kappa shape index (κ1) is 35.3. The second-order valence-corrected chi connectivity index (χ2v) is 18.4. The number of esters is 1. The Morgan fingerprint density at radius 1 is 1.00 bits per heavy atom. The van der Waals surface area contributed by atoms with Crippen LogP contribution in [-0.4, -0.2) is 63.5 Å². The summed E-state index contributed by atoms with van der Waals surface area (Å²) in [6, 6.07) is 12.5. The normalized spacial score (nSPS) is 14.9. The van der Waals surface area contributed by atoms with Gasteiger partial charge in [0.15, 0.2) is 8.32 Å². The van der Waals surface area contributed by atoms with Gasteiger partial charge in [0.1, 0.15) is 11.5 Å². The number of aliphatic carboxylic acids is 1. The number of hydrogen-bond donors (Lipinski definition) is 1. The fourth-order valence-electron chi connectivity index (χ4n) is 5.83. The van der Waals surface area contributed by atoms with E-state index in [1.165, 1.54) is 18.2 Å². The topological polar surface area (TPSA) is 105 Å². The summed E-state index contributed by atoms with van der Waals surface area (Å²) in [6.07, 6.45) is 4.35. The number of aryl methyl sites for hydroxylation is 1. The van der Waals surface area contributed by atoms with E-state index in [0.29, 0.717) is 30.0 Å². The summed E-state index contributed by atoms with van der Waals surface area (Å²) in [7, 11) is 2.25. The van der Waals surface area contributed by atoms with Gasteiger partial charge >= 0.3 is 11.9 Å². The number of fused-ring (bicyclic) bond motifs is 1. The zero-order valence-corrected chi connectivity index (χ0v) is 29.6. The summed E-state index contributed by atoms with van der Waals surface area (Å²) in [5, 5.41) is 9.40. The maximum absolute atomic E-state index is 12.5. The van der Waals surface area contributed by atoms with Gasteiger partial charge in [-0.2, -0.15) is 0 Å². The van der Waals surface area contributed by atoms with Crippen molar-refractivity contribution in [1.29, 1.82) is 0 Å². The second kappa shape index (κ2) is 14.4. The molecule has 0 saturated carbocycles. The molecular weight excluding hydrogens is 602 g/mol. The van der Waals surface area contributed by atoms with Crippen molar-refractivity contribution in [2.45, 2.75) is 96.4 Å². The molecule has 1 N–H and O–H groups in total. The summed E-state index contributed by atoms with van der Waals surface area (Å²) >= 11 is 0. The molecular formula is C36H49NO8Si. The highest BCUT2D eigenvalue weighted by Gasteiger charge is 2.42. The van der Waals surface area contributed by atoms with Crippen LogP contribution in [0.5, 0.6) is 11.5 Å². The number of methoxy groups -OCH3 is 3. The number of carboxylic acids is 1. The summed E-state index contributed by atoms with van der Waals surface area (Å²) in [6.45, 7) is 13.5. The molecule has 9 nitrogen and oxygen atoms in total. The van der Waals surface area contributed by atoms with E-state index in [1.54, 1.807) is 26.6 Å². The van der Waals surface area contributed by atoms with Crippen molar-refractivity contribution in [3.05, 3.63) is 82.2 Å². The Bertz CT molecular complexity index is 1490. The maximum atomic E-state index is 12.5. The molecule has 0 unspecified atom stereocenters. The van der Waals surface area contributed by atoms with E-state index in [2.05, 4.69) is 58.1 Å². The zero-order valence-electron chi connectivity index (χ0n) is 28.6. The van der Waals surface area contributed by atoms with Gasteiger partial charge in [0.25, 0.3) is 0 Å². The van der Waals surface area contributed by atoms with E-state index in [1.807, 2.05) is 23.6 Å². The summed E-state index contributed by atoms with van der Waals surface area (Å²) < 4.78 is 32.7. The molecule has 1 aliphatic carbocycles. The van der Waals surface area contributed by atoms with Crippen LogP contribution in [0.3, 0.4) is 0 Å². The Morgan fingerprint density at radius 2 is 1.59 bits per heavy atom. The quantitative estimate of drug-likeness (QED) is 0.148. The minimum atomic E-state index is -2.35. The SMILES string of the molecule is COC(=O)c1cn(CC[C@H](OC2Cc3ccccc3C2)[C@H](O[Si](C)(C)C(C)(C)C)c2cc(OC)c(C)c(OC)c2)cc1CC(=O)O. The van der Waals surface area contributed by atoms with Crippen molar-refractivity contribution in [1.82, 2.24) is 4.57 Å². The molecule has 4 rings (SSSR count). The van der Waals surface area contributed by atoms with Gasteiger partial charge < -0.3 is 33.0 Å². The summed E-state index contributed by atoms with van der Waals surface area (Å²) in [5.74, 6) is -0.173. The molecule has 3 aromatic rings. The first-order valence-corrected chi connectivity index (χ1v) is 18.7. The Kier molecular flexibility index (Phi) is 11.1. The molecule has 0 aliphatic heterocycles. The van der Waals surface area contributed by atoms with Crippen LogP contribution in [0.4, 0.5) is 0 Å². The van der Waals surface area contributed by atoms with Crippen molar-refractivity contribution in [3.8, 4) is 11.5 Å². The number of benzene rings is 2. The number of hydrogen-bond acceptors (Lipinski definition) is 7. The molecule has 0 amide bonds. The monoisotopic (exact) mass is 651 g/mol. The highest BCUT2D eigenvalue weighted by molar-refractivity contribution is 6.74. The lowest BCUT2D eigenvalue weighted by molar-refractivity contribution is -0.136. The van der Waals surface area contributed by atoms with E-state index in [-0.39, 0.29) is 23.1 Å². The minimum Gasteiger partial charge on any atom is -0.496 e. The minimum absolute atomic E-state index is 0.0416. The fraction of sp³-hybridized carbons (Fsp3) is 0.500.